The first kappa shape index (κ1) is 23.8. The first-order chi connectivity index (χ1) is 16.0. The van der Waals surface area contributed by atoms with Crippen LogP contribution in [0.1, 0.15) is 40.7 Å². The molecule has 0 bridgehead atoms. The first-order valence-electron chi connectivity index (χ1n) is 11.2. The zero-order valence-corrected chi connectivity index (χ0v) is 19.4. The summed E-state index contributed by atoms with van der Waals surface area (Å²) in [6, 6.07) is 16.5. The van der Waals surface area contributed by atoms with Gasteiger partial charge in [0.05, 0.1) is 17.9 Å². The molecule has 33 heavy (non-hydrogen) atoms. The number of aromatic hydroxyl groups is 1. The van der Waals surface area contributed by atoms with E-state index in [4.69, 9.17) is 4.99 Å². The van der Waals surface area contributed by atoms with Crippen molar-refractivity contribution >= 4 is 11.9 Å². The molecule has 0 aliphatic heterocycles. The lowest BCUT2D eigenvalue weighted by atomic mass is 10.2. The quantitative estimate of drug-likeness (QED) is 0.229. The number of phenolic OH excluding ortho intramolecular Hbond substituents is 1. The molecule has 3 aromatic rings. The molecule has 0 aliphatic carbocycles. The van der Waals surface area contributed by atoms with Crippen LogP contribution < -0.4 is 16.0 Å². The third-order valence-electron chi connectivity index (χ3n) is 5.02. The fraction of sp³-hybridized carbons (Fsp3) is 0.320. The Morgan fingerprint density at radius 2 is 1.82 bits per heavy atom. The van der Waals surface area contributed by atoms with Gasteiger partial charge < -0.3 is 21.1 Å². The van der Waals surface area contributed by atoms with Crippen LogP contribution in [0.5, 0.6) is 5.75 Å². The third-order valence-corrected chi connectivity index (χ3v) is 5.02. The molecule has 0 aliphatic rings. The smallest absolute Gasteiger partial charge is 0.251 e. The van der Waals surface area contributed by atoms with Crippen LogP contribution in [0.4, 0.5) is 0 Å². The number of nitrogens with one attached hydrogen (secondary N) is 3. The van der Waals surface area contributed by atoms with Gasteiger partial charge in [-0.05, 0) is 63.1 Å². The number of phenols is 1. The largest absolute Gasteiger partial charge is 0.508 e. The number of carbonyl (C=O) groups is 1. The Balaban J connectivity index is 1.54. The third kappa shape index (κ3) is 6.83. The molecule has 4 N–H and O–H groups in total. The van der Waals surface area contributed by atoms with Gasteiger partial charge in [-0.2, -0.15) is 5.10 Å². The molecule has 0 atom stereocenters. The summed E-state index contributed by atoms with van der Waals surface area (Å²) in [4.78, 5) is 16.9. The van der Waals surface area contributed by atoms with Crippen LogP contribution in [-0.4, -0.2) is 46.4 Å². The number of guanidine groups is 1. The minimum Gasteiger partial charge on any atom is -0.508 e. The number of carbonyl (C=O) groups excluding carboxylic acids is 1. The first-order valence-corrected chi connectivity index (χ1v) is 11.2. The molecular weight excluding hydrogens is 416 g/mol. The molecular formula is C25H32N6O2. The fourth-order valence-electron chi connectivity index (χ4n) is 3.48. The zero-order valence-electron chi connectivity index (χ0n) is 19.4. The van der Waals surface area contributed by atoms with Crippen LogP contribution in [0.15, 0.2) is 59.6 Å². The maximum Gasteiger partial charge on any atom is 0.251 e. The molecule has 0 saturated carbocycles. The summed E-state index contributed by atoms with van der Waals surface area (Å²) >= 11 is 0. The van der Waals surface area contributed by atoms with E-state index in [2.05, 4.69) is 39.2 Å². The monoisotopic (exact) mass is 448 g/mol. The summed E-state index contributed by atoms with van der Waals surface area (Å²) in [5.74, 6) is 0.599. The molecule has 0 fully saturated rings. The number of aliphatic imine (C=N–C) groups is 1. The molecule has 174 valence electrons. The Hall–Kier alpha value is -3.81. The lowest BCUT2D eigenvalue weighted by Crippen LogP contribution is -2.38. The topological polar surface area (TPSA) is 104 Å². The van der Waals surface area contributed by atoms with E-state index in [1.54, 1.807) is 12.1 Å². The SMILES string of the molecule is CCNC(=NCc1ccccc1-n1nc(C)cc1C)NCCCNC(=O)c1cccc(O)c1. The normalized spacial score (nSPS) is 11.3. The van der Waals surface area contributed by atoms with E-state index in [1.165, 1.54) is 12.1 Å². The van der Waals surface area contributed by atoms with Crippen molar-refractivity contribution in [3.63, 3.8) is 0 Å². The highest BCUT2D eigenvalue weighted by atomic mass is 16.3. The average molecular weight is 449 g/mol. The number of hydrogen-bond donors (Lipinski definition) is 4. The molecule has 3 rings (SSSR count). The molecule has 0 spiro atoms. The standard InChI is InChI=1S/C25H32N6O2/c1-4-26-25(28-14-8-13-27-24(33)20-10-7-11-22(32)16-20)29-17-21-9-5-6-12-23(21)31-19(3)15-18(2)30-31/h5-7,9-12,15-16,32H,4,8,13-14,17H2,1-3H3,(H,27,33)(H2,26,28,29). The second-order valence-electron chi connectivity index (χ2n) is 7.75. The van der Waals surface area contributed by atoms with E-state index >= 15 is 0 Å². The Morgan fingerprint density at radius 1 is 1.03 bits per heavy atom. The van der Waals surface area contributed by atoms with Crippen LogP contribution in [0.2, 0.25) is 0 Å². The number of rotatable bonds is 9. The number of hydrogen-bond acceptors (Lipinski definition) is 4. The van der Waals surface area contributed by atoms with E-state index in [0.29, 0.717) is 25.2 Å². The number of amides is 1. The summed E-state index contributed by atoms with van der Waals surface area (Å²) in [7, 11) is 0. The van der Waals surface area contributed by atoms with Crippen LogP contribution >= 0.6 is 0 Å². The van der Waals surface area contributed by atoms with E-state index in [1.807, 2.05) is 37.6 Å². The number of nitrogens with zero attached hydrogens (tertiary/aromatic N) is 3. The van der Waals surface area contributed by atoms with Gasteiger partial charge in [-0.15, -0.1) is 0 Å². The Labute approximate surface area is 194 Å². The van der Waals surface area contributed by atoms with Crippen molar-refractivity contribution in [3.8, 4) is 11.4 Å². The van der Waals surface area contributed by atoms with Crippen molar-refractivity contribution in [2.24, 2.45) is 4.99 Å². The Kier molecular flexibility index (Phi) is 8.46. The summed E-state index contributed by atoms with van der Waals surface area (Å²) in [5.41, 5.74) is 4.62. The van der Waals surface area contributed by atoms with Gasteiger partial charge in [0, 0.05) is 30.9 Å². The number of aryl methyl sites for hydroxylation is 2. The highest BCUT2D eigenvalue weighted by molar-refractivity contribution is 5.94. The van der Waals surface area contributed by atoms with Gasteiger partial charge in [-0.25, -0.2) is 9.67 Å². The van der Waals surface area contributed by atoms with Gasteiger partial charge in [-0.1, -0.05) is 24.3 Å². The molecule has 1 heterocycles. The zero-order chi connectivity index (χ0) is 23.6. The van der Waals surface area contributed by atoms with Gasteiger partial charge >= 0.3 is 0 Å². The summed E-state index contributed by atoms with van der Waals surface area (Å²) in [5, 5.41) is 23.5. The maximum atomic E-state index is 12.1. The summed E-state index contributed by atoms with van der Waals surface area (Å²) in [6.45, 7) is 8.50. The second kappa shape index (κ2) is 11.7. The molecule has 0 saturated heterocycles. The molecule has 0 unspecified atom stereocenters. The number of benzene rings is 2. The molecule has 2 aromatic carbocycles. The second-order valence-corrected chi connectivity index (χ2v) is 7.75. The van der Waals surface area contributed by atoms with Crippen molar-refractivity contribution in [2.45, 2.75) is 33.7 Å². The van der Waals surface area contributed by atoms with Gasteiger partial charge in [0.15, 0.2) is 5.96 Å². The van der Waals surface area contributed by atoms with Crippen molar-refractivity contribution in [2.75, 3.05) is 19.6 Å². The lowest BCUT2D eigenvalue weighted by molar-refractivity contribution is 0.0953. The average Bonchev–Trinajstić information content (AvgIpc) is 3.14. The molecule has 1 aromatic heterocycles. The summed E-state index contributed by atoms with van der Waals surface area (Å²) < 4.78 is 1.95. The Morgan fingerprint density at radius 3 is 2.55 bits per heavy atom. The van der Waals surface area contributed by atoms with Crippen molar-refractivity contribution in [1.82, 2.24) is 25.7 Å². The van der Waals surface area contributed by atoms with Gasteiger partial charge in [0.25, 0.3) is 5.91 Å². The number of aromatic nitrogens is 2. The maximum absolute atomic E-state index is 12.1. The number of para-hydroxylation sites is 1. The lowest BCUT2D eigenvalue weighted by Gasteiger charge is -2.13. The predicted octanol–water partition coefficient (Wildman–Crippen LogP) is 3.07. The van der Waals surface area contributed by atoms with Crippen molar-refractivity contribution in [3.05, 3.63) is 77.1 Å². The minimum atomic E-state index is -0.202. The highest BCUT2D eigenvalue weighted by Crippen LogP contribution is 2.17. The Bertz CT molecular complexity index is 1110. The minimum absolute atomic E-state index is 0.0789. The van der Waals surface area contributed by atoms with Gasteiger partial charge in [-0.3, -0.25) is 4.79 Å². The van der Waals surface area contributed by atoms with E-state index < -0.39 is 0 Å². The van der Waals surface area contributed by atoms with E-state index in [9.17, 15) is 9.90 Å². The van der Waals surface area contributed by atoms with Crippen LogP contribution in [0.3, 0.4) is 0 Å². The van der Waals surface area contributed by atoms with E-state index in [0.717, 1.165) is 41.6 Å². The van der Waals surface area contributed by atoms with Gasteiger partial charge in [0.2, 0.25) is 0 Å². The molecule has 1 amide bonds. The predicted molar refractivity (Wildman–Crippen MR) is 131 cm³/mol. The van der Waals surface area contributed by atoms with Crippen LogP contribution in [-0.2, 0) is 6.54 Å². The summed E-state index contributed by atoms with van der Waals surface area (Å²) in [6.07, 6.45) is 0.733. The van der Waals surface area contributed by atoms with Crippen LogP contribution in [0.25, 0.3) is 5.69 Å². The molecule has 8 heteroatoms. The fourth-order valence-corrected chi connectivity index (χ4v) is 3.48. The molecule has 8 nitrogen and oxygen atoms in total. The van der Waals surface area contributed by atoms with Crippen LogP contribution in [0, 0.1) is 13.8 Å². The van der Waals surface area contributed by atoms with E-state index in [-0.39, 0.29) is 11.7 Å². The highest BCUT2D eigenvalue weighted by Gasteiger charge is 2.09. The van der Waals surface area contributed by atoms with Crippen molar-refractivity contribution < 1.29 is 9.90 Å². The van der Waals surface area contributed by atoms with Crippen molar-refractivity contribution in [1.29, 1.82) is 0 Å². The molecule has 0 radical (unpaired) electrons. The van der Waals surface area contributed by atoms with Gasteiger partial charge in [0.1, 0.15) is 5.75 Å².